The second kappa shape index (κ2) is 9.13. The highest BCUT2D eigenvalue weighted by atomic mass is 32.1. The van der Waals surface area contributed by atoms with Crippen LogP contribution in [0.2, 0.25) is 0 Å². The zero-order valence-corrected chi connectivity index (χ0v) is 11.2. The van der Waals surface area contributed by atoms with E-state index in [-0.39, 0.29) is 25.0 Å². The van der Waals surface area contributed by atoms with Crippen molar-refractivity contribution in [3.8, 4) is 17.2 Å². The van der Waals surface area contributed by atoms with Gasteiger partial charge in [-0.25, -0.2) is 0 Å². The first-order chi connectivity index (χ1) is 8.58. The van der Waals surface area contributed by atoms with Crippen LogP contribution in [0.15, 0.2) is 54.6 Å². The van der Waals surface area contributed by atoms with Crippen LogP contribution in [0.5, 0.6) is 17.2 Å². The minimum Gasteiger partial charge on any atom is -0.508 e. The van der Waals surface area contributed by atoms with E-state index in [1.54, 1.807) is 25.1 Å². The van der Waals surface area contributed by atoms with Gasteiger partial charge in [-0.05, 0) is 31.2 Å². The molecular formula is C14H16O4S. The molecule has 0 heterocycles. The lowest BCUT2D eigenvalue weighted by Gasteiger charge is -2.06. The van der Waals surface area contributed by atoms with Crippen LogP contribution in [0.3, 0.4) is 0 Å². The van der Waals surface area contributed by atoms with Crippen molar-refractivity contribution in [1.82, 2.24) is 0 Å². The molecule has 0 bridgehead atoms. The number of phenols is 2. The minimum absolute atomic E-state index is 0. The molecule has 102 valence electrons. The second-order valence-electron chi connectivity index (χ2n) is 3.55. The van der Waals surface area contributed by atoms with Crippen molar-refractivity contribution in [3.63, 3.8) is 0 Å². The van der Waals surface area contributed by atoms with Crippen LogP contribution in [0.25, 0.3) is 0 Å². The zero-order chi connectivity index (χ0) is 13.4. The number of hydrogen-bond donors (Lipinski definition) is 3. The third kappa shape index (κ3) is 7.96. The molecule has 0 saturated heterocycles. The first-order valence-electron chi connectivity index (χ1n) is 5.45. The number of rotatable bonds is 2. The normalized spacial score (nSPS) is 10.4. The third-order valence-corrected chi connectivity index (χ3v) is 1.88. The summed E-state index contributed by atoms with van der Waals surface area (Å²) in [4.78, 5) is 0. The molecule has 0 aliphatic rings. The monoisotopic (exact) mass is 280 g/mol. The largest absolute Gasteiger partial charge is 0.508 e. The molecule has 2 rings (SSSR count). The predicted octanol–water partition coefficient (Wildman–Crippen LogP) is 3.15. The summed E-state index contributed by atoms with van der Waals surface area (Å²) < 4.78 is 4.97. The van der Waals surface area contributed by atoms with Crippen LogP contribution in [0, 0.1) is 0 Å². The van der Waals surface area contributed by atoms with Gasteiger partial charge in [0.2, 0.25) is 0 Å². The molecule has 19 heavy (non-hydrogen) atoms. The van der Waals surface area contributed by atoms with Gasteiger partial charge in [-0.1, -0.05) is 24.3 Å². The summed E-state index contributed by atoms with van der Waals surface area (Å²) in [6.45, 7) is 1.58. The number of phenolic OH excluding ortho intramolecular Hbond substituents is 2. The predicted molar refractivity (Wildman–Crippen MR) is 76.1 cm³/mol. The molecule has 0 saturated carbocycles. The Hall–Kier alpha value is -1.85. The Morgan fingerprint density at radius 1 is 0.895 bits per heavy atom. The Morgan fingerprint density at radius 2 is 1.42 bits per heavy atom. The second-order valence-corrected chi connectivity index (χ2v) is 3.55. The molecule has 2 radical (unpaired) electrons. The van der Waals surface area contributed by atoms with Gasteiger partial charge in [0.15, 0.2) is 6.29 Å². The molecule has 1 unspecified atom stereocenters. The molecule has 0 aliphatic carbocycles. The van der Waals surface area contributed by atoms with Gasteiger partial charge >= 0.3 is 0 Å². The summed E-state index contributed by atoms with van der Waals surface area (Å²) >= 11 is 0. The summed E-state index contributed by atoms with van der Waals surface area (Å²) in [5, 5.41) is 26.1. The van der Waals surface area contributed by atoms with Gasteiger partial charge in [-0.3, -0.25) is 0 Å². The number of aliphatic hydroxyl groups is 1. The van der Waals surface area contributed by atoms with Crippen LogP contribution in [-0.2, 0) is 0 Å². The molecule has 2 aromatic carbocycles. The van der Waals surface area contributed by atoms with Crippen molar-refractivity contribution in [2.75, 3.05) is 0 Å². The standard InChI is InChI=1S/C8H10O2.C6H6O2.S/c1-7(9)10-8-5-3-2-4-6-8;7-5-2-1-3-6(8)4-5;/h2-7,9H,1H3;1-4,7-8H;. The van der Waals surface area contributed by atoms with Gasteiger partial charge in [0.25, 0.3) is 0 Å². The smallest absolute Gasteiger partial charge is 0.194 e. The Kier molecular flexibility index (Phi) is 8.24. The fourth-order valence-electron chi connectivity index (χ4n) is 1.19. The molecule has 0 aromatic heterocycles. The van der Waals surface area contributed by atoms with Crippen molar-refractivity contribution in [3.05, 3.63) is 54.6 Å². The van der Waals surface area contributed by atoms with Crippen LogP contribution >= 0.6 is 13.5 Å². The quantitative estimate of drug-likeness (QED) is 0.739. The maximum Gasteiger partial charge on any atom is 0.194 e. The summed E-state index contributed by atoms with van der Waals surface area (Å²) in [7, 11) is 0. The first-order valence-corrected chi connectivity index (χ1v) is 5.45. The molecule has 0 aliphatic heterocycles. The lowest BCUT2D eigenvalue weighted by atomic mass is 10.3. The van der Waals surface area contributed by atoms with Crippen molar-refractivity contribution in [1.29, 1.82) is 0 Å². The summed E-state index contributed by atoms with van der Waals surface area (Å²) in [5.74, 6) is 0.868. The van der Waals surface area contributed by atoms with E-state index in [0.29, 0.717) is 5.75 Å². The van der Waals surface area contributed by atoms with Crippen molar-refractivity contribution < 1.29 is 20.1 Å². The van der Waals surface area contributed by atoms with Crippen LogP contribution in [0.1, 0.15) is 6.92 Å². The molecule has 1 atom stereocenters. The summed E-state index contributed by atoms with van der Waals surface area (Å²) in [6.07, 6.45) is -0.734. The van der Waals surface area contributed by atoms with Crippen molar-refractivity contribution in [2.45, 2.75) is 13.2 Å². The Bertz CT molecular complexity index is 443. The fraction of sp³-hybridized carbons (Fsp3) is 0.143. The van der Waals surface area contributed by atoms with Crippen molar-refractivity contribution >= 4 is 13.5 Å². The van der Waals surface area contributed by atoms with Crippen LogP contribution < -0.4 is 4.74 Å². The lowest BCUT2D eigenvalue weighted by molar-refractivity contribution is -0.000288. The number of hydrogen-bond acceptors (Lipinski definition) is 4. The Morgan fingerprint density at radius 3 is 1.79 bits per heavy atom. The maximum absolute atomic E-state index is 8.78. The van der Waals surface area contributed by atoms with E-state index in [1.165, 1.54) is 18.2 Å². The molecule has 0 amide bonds. The maximum atomic E-state index is 8.78. The summed E-state index contributed by atoms with van der Waals surface area (Å²) in [5.41, 5.74) is 0. The van der Waals surface area contributed by atoms with Crippen LogP contribution in [-0.4, -0.2) is 21.6 Å². The molecule has 5 heteroatoms. The average molecular weight is 280 g/mol. The summed E-state index contributed by atoms with van der Waals surface area (Å²) in [6, 6.07) is 15.1. The highest BCUT2D eigenvalue weighted by molar-refractivity contribution is 7.59. The first kappa shape index (κ1) is 17.2. The fourth-order valence-corrected chi connectivity index (χ4v) is 1.19. The zero-order valence-electron chi connectivity index (χ0n) is 10.4. The van der Waals surface area contributed by atoms with Crippen molar-refractivity contribution in [2.24, 2.45) is 0 Å². The van der Waals surface area contributed by atoms with E-state index < -0.39 is 6.29 Å². The molecule has 2 aromatic rings. The van der Waals surface area contributed by atoms with E-state index in [1.807, 2.05) is 18.2 Å². The van der Waals surface area contributed by atoms with Gasteiger partial charge in [-0.2, -0.15) is 0 Å². The number of para-hydroxylation sites is 1. The number of benzene rings is 2. The highest BCUT2D eigenvalue weighted by Crippen LogP contribution is 2.14. The highest BCUT2D eigenvalue weighted by Gasteiger charge is 1.94. The molecular weight excluding hydrogens is 264 g/mol. The lowest BCUT2D eigenvalue weighted by Crippen LogP contribution is -2.08. The van der Waals surface area contributed by atoms with Gasteiger partial charge in [-0.15, -0.1) is 0 Å². The number of aromatic hydroxyl groups is 2. The average Bonchev–Trinajstić information content (AvgIpc) is 2.30. The van der Waals surface area contributed by atoms with Gasteiger partial charge < -0.3 is 20.1 Å². The van der Waals surface area contributed by atoms with E-state index in [2.05, 4.69) is 0 Å². The van der Waals surface area contributed by atoms with E-state index in [0.717, 1.165) is 0 Å². The van der Waals surface area contributed by atoms with Gasteiger partial charge in [0.1, 0.15) is 17.2 Å². The molecule has 0 fully saturated rings. The topological polar surface area (TPSA) is 69.9 Å². The SMILES string of the molecule is CC(O)Oc1ccccc1.Oc1cccc(O)c1.[S]. The number of aliphatic hydroxyl groups excluding tert-OH is 1. The third-order valence-electron chi connectivity index (χ3n) is 1.88. The Labute approximate surface area is 119 Å². The van der Waals surface area contributed by atoms with E-state index in [9.17, 15) is 0 Å². The number of ether oxygens (including phenoxy) is 1. The van der Waals surface area contributed by atoms with Gasteiger partial charge in [0.05, 0.1) is 0 Å². The molecule has 4 nitrogen and oxygen atoms in total. The minimum atomic E-state index is -0.734. The van der Waals surface area contributed by atoms with Crippen LogP contribution in [0.4, 0.5) is 0 Å². The van der Waals surface area contributed by atoms with Gasteiger partial charge in [0, 0.05) is 19.6 Å². The van der Waals surface area contributed by atoms with E-state index >= 15 is 0 Å². The molecule has 3 N–H and O–H groups in total. The Balaban J connectivity index is 0.000000331. The molecule has 0 spiro atoms. The van der Waals surface area contributed by atoms with E-state index in [4.69, 9.17) is 20.1 Å².